The molecule has 1 aliphatic rings. The molecule has 0 bridgehead atoms. The van der Waals surface area contributed by atoms with Crippen LogP contribution in [0.3, 0.4) is 0 Å². The highest BCUT2D eigenvalue weighted by molar-refractivity contribution is 5.81. The first-order valence-corrected chi connectivity index (χ1v) is 9.18. The Morgan fingerprint density at radius 1 is 1.23 bits per heavy atom. The topological polar surface area (TPSA) is 69.2 Å². The average molecular weight is 361 g/mol. The van der Waals surface area contributed by atoms with Crippen molar-refractivity contribution in [2.75, 3.05) is 58.4 Å². The fourth-order valence-corrected chi connectivity index (χ4v) is 3.02. The summed E-state index contributed by atoms with van der Waals surface area (Å²) in [5.74, 6) is 0.877. The maximum absolute atomic E-state index is 12.4. The quantitative estimate of drug-likeness (QED) is 0.558. The number of amides is 1. The smallest absolute Gasteiger partial charge is 0.224 e. The van der Waals surface area contributed by atoms with Crippen LogP contribution in [0.1, 0.15) is 13.3 Å². The Morgan fingerprint density at radius 2 is 1.92 bits per heavy atom. The molecule has 1 aromatic carbocycles. The number of carbonyl (C=O) groups is 1. The molecule has 1 fully saturated rings. The van der Waals surface area contributed by atoms with E-state index in [1.165, 1.54) is 5.69 Å². The summed E-state index contributed by atoms with van der Waals surface area (Å²) in [5.41, 5.74) is 1.22. The Morgan fingerprint density at radius 3 is 2.54 bits per heavy atom. The largest absolute Gasteiger partial charge is 0.383 e. The zero-order valence-electron chi connectivity index (χ0n) is 16.1. The van der Waals surface area contributed by atoms with Crippen LogP contribution in [0.25, 0.3) is 0 Å². The fraction of sp³-hybridized carbons (Fsp3) is 0.579. The Hall–Kier alpha value is -2.28. The molecule has 2 rings (SSSR count). The summed E-state index contributed by atoms with van der Waals surface area (Å²) in [6.45, 7) is 6.48. The number of hydrogen-bond donors (Lipinski definition) is 2. The lowest BCUT2D eigenvalue weighted by molar-refractivity contribution is -0.131. The third-order valence-electron chi connectivity index (χ3n) is 4.41. The molecule has 26 heavy (non-hydrogen) atoms. The van der Waals surface area contributed by atoms with Gasteiger partial charge in [0, 0.05) is 65.0 Å². The summed E-state index contributed by atoms with van der Waals surface area (Å²) >= 11 is 0. The van der Waals surface area contributed by atoms with Crippen molar-refractivity contribution >= 4 is 17.6 Å². The van der Waals surface area contributed by atoms with E-state index in [9.17, 15) is 4.79 Å². The van der Waals surface area contributed by atoms with Gasteiger partial charge in [-0.2, -0.15) is 0 Å². The third-order valence-corrected chi connectivity index (χ3v) is 4.41. The average Bonchev–Trinajstić information content (AvgIpc) is 2.68. The van der Waals surface area contributed by atoms with E-state index in [2.05, 4.69) is 32.7 Å². The van der Waals surface area contributed by atoms with Gasteiger partial charge in [-0.05, 0) is 19.1 Å². The van der Waals surface area contributed by atoms with Crippen molar-refractivity contribution in [2.24, 2.45) is 4.99 Å². The second-order valence-electron chi connectivity index (χ2n) is 6.45. The molecule has 1 aliphatic heterocycles. The van der Waals surface area contributed by atoms with Gasteiger partial charge >= 0.3 is 0 Å². The highest BCUT2D eigenvalue weighted by Crippen LogP contribution is 2.15. The van der Waals surface area contributed by atoms with E-state index in [0.717, 1.165) is 26.2 Å². The zero-order chi connectivity index (χ0) is 18.8. The summed E-state index contributed by atoms with van der Waals surface area (Å²) < 4.78 is 5.10. The summed E-state index contributed by atoms with van der Waals surface area (Å²) in [6, 6.07) is 10.5. The number of methoxy groups -OCH3 is 1. The molecule has 0 radical (unpaired) electrons. The number of piperazine rings is 1. The van der Waals surface area contributed by atoms with Gasteiger partial charge in [0.15, 0.2) is 5.96 Å². The molecule has 1 amide bonds. The van der Waals surface area contributed by atoms with Gasteiger partial charge in [0.25, 0.3) is 0 Å². The number of anilines is 1. The van der Waals surface area contributed by atoms with Crippen LogP contribution in [-0.2, 0) is 9.53 Å². The van der Waals surface area contributed by atoms with Crippen LogP contribution in [0.2, 0.25) is 0 Å². The molecule has 0 spiro atoms. The predicted molar refractivity (Wildman–Crippen MR) is 106 cm³/mol. The summed E-state index contributed by atoms with van der Waals surface area (Å²) in [4.78, 5) is 20.9. The molecule has 0 aliphatic carbocycles. The molecular weight excluding hydrogens is 330 g/mol. The van der Waals surface area contributed by atoms with Gasteiger partial charge in [-0.25, -0.2) is 0 Å². The van der Waals surface area contributed by atoms with Crippen molar-refractivity contribution in [3.8, 4) is 0 Å². The van der Waals surface area contributed by atoms with Crippen LogP contribution in [0, 0.1) is 0 Å². The first-order valence-electron chi connectivity index (χ1n) is 9.18. The van der Waals surface area contributed by atoms with Crippen molar-refractivity contribution in [3.63, 3.8) is 0 Å². The van der Waals surface area contributed by atoms with Crippen molar-refractivity contribution in [1.29, 1.82) is 0 Å². The van der Waals surface area contributed by atoms with Gasteiger partial charge in [-0.15, -0.1) is 0 Å². The molecule has 7 heteroatoms. The van der Waals surface area contributed by atoms with Gasteiger partial charge in [0.1, 0.15) is 0 Å². The van der Waals surface area contributed by atoms with E-state index in [4.69, 9.17) is 4.74 Å². The zero-order valence-corrected chi connectivity index (χ0v) is 16.1. The van der Waals surface area contributed by atoms with Crippen LogP contribution in [0.5, 0.6) is 0 Å². The van der Waals surface area contributed by atoms with Gasteiger partial charge in [0.05, 0.1) is 6.61 Å². The molecule has 1 unspecified atom stereocenters. The Labute approximate surface area is 156 Å². The van der Waals surface area contributed by atoms with E-state index in [1.807, 2.05) is 30.0 Å². The SMILES string of the molecule is CN=C(NCCC(=O)N1CCN(c2ccccc2)CC1)NC(C)COC. The molecule has 0 aromatic heterocycles. The van der Waals surface area contributed by atoms with Crippen molar-refractivity contribution < 1.29 is 9.53 Å². The molecule has 1 aromatic rings. The molecule has 1 atom stereocenters. The number of guanidine groups is 1. The van der Waals surface area contributed by atoms with Gasteiger partial charge in [-0.3, -0.25) is 9.79 Å². The van der Waals surface area contributed by atoms with Gasteiger partial charge < -0.3 is 25.2 Å². The minimum Gasteiger partial charge on any atom is -0.383 e. The lowest BCUT2D eigenvalue weighted by Crippen LogP contribution is -2.50. The third kappa shape index (κ3) is 6.22. The maximum atomic E-state index is 12.4. The number of ether oxygens (including phenoxy) is 1. The molecule has 7 nitrogen and oxygen atoms in total. The maximum Gasteiger partial charge on any atom is 0.224 e. The van der Waals surface area contributed by atoms with Crippen LogP contribution in [0.15, 0.2) is 35.3 Å². The standard InChI is InChI=1S/C19H31N5O2/c1-16(15-26-3)22-19(20-2)21-10-9-18(25)24-13-11-23(12-14-24)17-7-5-4-6-8-17/h4-8,16H,9-15H2,1-3H3,(H2,20,21,22). The number of nitrogens with one attached hydrogen (secondary N) is 2. The first-order chi connectivity index (χ1) is 12.6. The highest BCUT2D eigenvalue weighted by Gasteiger charge is 2.20. The second-order valence-corrected chi connectivity index (χ2v) is 6.45. The van der Waals surface area contributed by atoms with Crippen LogP contribution in [0.4, 0.5) is 5.69 Å². The van der Waals surface area contributed by atoms with E-state index < -0.39 is 0 Å². The molecular formula is C19H31N5O2. The van der Waals surface area contributed by atoms with Crippen molar-refractivity contribution in [2.45, 2.75) is 19.4 Å². The number of benzene rings is 1. The summed E-state index contributed by atoms with van der Waals surface area (Å²) in [7, 11) is 3.39. The normalized spacial score (nSPS) is 16.3. The first kappa shape index (κ1) is 20.0. The predicted octanol–water partition coefficient (Wildman–Crippen LogP) is 0.925. The Balaban J connectivity index is 1.69. The summed E-state index contributed by atoms with van der Waals surface area (Å²) in [6.07, 6.45) is 0.463. The number of aliphatic imine (C=N–C) groups is 1. The Bertz CT molecular complexity index is 571. The van der Waals surface area contributed by atoms with Crippen molar-refractivity contribution in [3.05, 3.63) is 30.3 Å². The summed E-state index contributed by atoms with van der Waals surface area (Å²) in [5, 5.41) is 6.42. The molecule has 1 saturated heterocycles. The minimum absolute atomic E-state index is 0.160. The minimum atomic E-state index is 0.160. The van der Waals surface area contributed by atoms with Crippen LogP contribution >= 0.6 is 0 Å². The number of rotatable bonds is 7. The molecule has 0 saturated carbocycles. The van der Waals surface area contributed by atoms with Gasteiger partial charge in [-0.1, -0.05) is 18.2 Å². The molecule has 2 N–H and O–H groups in total. The second kappa shape index (κ2) is 10.7. The monoisotopic (exact) mass is 361 g/mol. The lowest BCUT2D eigenvalue weighted by Gasteiger charge is -2.36. The van der Waals surface area contributed by atoms with Crippen LogP contribution in [-0.4, -0.2) is 76.3 Å². The van der Waals surface area contributed by atoms with Gasteiger partial charge in [0.2, 0.25) is 5.91 Å². The van der Waals surface area contributed by atoms with E-state index in [1.54, 1.807) is 14.2 Å². The number of nitrogens with zero attached hydrogens (tertiary/aromatic N) is 3. The highest BCUT2D eigenvalue weighted by atomic mass is 16.5. The molecule has 144 valence electrons. The Kier molecular flexibility index (Phi) is 8.21. The number of carbonyl (C=O) groups excluding carboxylic acids is 1. The van der Waals surface area contributed by atoms with Crippen LogP contribution < -0.4 is 15.5 Å². The number of para-hydroxylation sites is 1. The van der Waals surface area contributed by atoms with Crippen molar-refractivity contribution in [1.82, 2.24) is 15.5 Å². The number of hydrogen-bond acceptors (Lipinski definition) is 4. The van der Waals surface area contributed by atoms with E-state index in [-0.39, 0.29) is 11.9 Å². The molecule has 1 heterocycles. The lowest BCUT2D eigenvalue weighted by atomic mass is 10.2. The van der Waals surface area contributed by atoms with E-state index in [0.29, 0.717) is 25.5 Å². The van der Waals surface area contributed by atoms with E-state index >= 15 is 0 Å². The fourth-order valence-electron chi connectivity index (χ4n) is 3.02.